The second-order valence-corrected chi connectivity index (χ2v) is 5.76. The number of aromatic nitrogens is 1. The third kappa shape index (κ3) is 2.28. The molecule has 0 amide bonds. The Bertz CT molecular complexity index is 469. The zero-order valence-corrected chi connectivity index (χ0v) is 12.5. The van der Waals surface area contributed by atoms with E-state index in [1.54, 1.807) is 18.3 Å². The van der Waals surface area contributed by atoms with Crippen LogP contribution < -0.4 is 0 Å². The van der Waals surface area contributed by atoms with Gasteiger partial charge in [-0.15, -0.1) is 12.4 Å². The van der Waals surface area contributed by atoms with Gasteiger partial charge in [-0.1, -0.05) is 18.5 Å². The number of ketones is 1. The van der Waals surface area contributed by atoms with E-state index in [4.69, 9.17) is 11.6 Å². The van der Waals surface area contributed by atoms with Crippen LogP contribution in [0.2, 0.25) is 5.15 Å². The van der Waals surface area contributed by atoms with Gasteiger partial charge in [0, 0.05) is 11.8 Å². The lowest BCUT2D eigenvalue weighted by Gasteiger charge is -2.58. The molecule has 5 heteroatoms. The lowest BCUT2D eigenvalue weighted by molar-refractivity contribution is -0.0508. The van der Waals surface area contributed by atoms with E-state index in [-0.39, 0.29) is 23.7 Å². The Balaban J connectivity index is 0.00000133. The Morgan fingerprint density at radius 1 is 1.53 bits per heavy atom. The first-order chi connectivity index (χ1) is 8.65. The minimum Gasteiger partial charge on any atom is -0.292 e. The summed E-state index contributed by atoms with van der Waals surface area (Å²) in [5.41, 5.74) is 0.450. The van der Waals surface area contributed by atoms with Gasteiger partial charge >= 0.3 is 0 Å². The molecule has 2 aliphatic heterocycles. The number of pyridine rings is 1. The summed E-state index contributed by atoms with van der Waals surface area (Å²) in [6.45, 7) is 4.13. The van der Waals surface area contributed by atoms with Crippen molar-refractivity contribution in [2.24, 2.45) is 5.92 Å². The van der Waals surface area contributed by atoms with Crippen molar-refractivity contribution in [1.29, 1.82) is 0 Å². The number of carbonyl (C=O) groups excluding carboxylic acids is 1. The number of carbonyl (C=O) groups is 1. The lowest BCUT2D eigenvalue weighted by Crippen LogP contribution is -2.66. The normalized spacial score (nSPS) is 29.3. The molecule has 1 aromatic heterocycles. The summed E-state index contributed by atoms with van der Waals surface area (Å²) in [6.07, 6.45) is 4.88. The maximum atomic E-state index is 12.7. The van der Waals surface area contributed by atoms with Crippen LogP contribution in [0.3, 0.4) is 0 Å². The second kappa shape index (κ2) is 5.39. The van der Waals surface area contributed by atoms with E-state index < -0.39 is 0 Å². The first-order valence-electron chi connectivity index (χ1n) is 6.57. The van der Waals surface area contributed by atoms with E-state index in [2.05, 4.69) is 16.8 Å². The number of fused-ring (bicyclic) bond motifs is 2. The van der Waals surface area contributed by atoms with Gasteiger partial charge in [-0.3, -0.25) is 9.69 Å². The van der Waals surface area contributed by atoms with Crippen molar-refractivity contribution in [3.05, 3.63) is 29.0 Å². The van der Waals surface area contributed by atoms with Gasteiger partial charge in [0.15, 0.2) is 5.78 Å². The van der Waals surface area contributed by atoms with Crippen LogP contribution in [0.15, 0.2) is 18.3 Å². The van der Waals surface area contributed by atoms with Crippen LogP contribution in [0.4, 0.5) is 0 Å². The van der Waals surface area contributed by atoms with E-state index >= 15 is 0 Å². The molecule has 1 saturated carbocycles. The number of nitrogens with zero attached hydrogens (tertiary/aromatic N) is 2. The molecule has 0 aromatic carbocycles. The highest BCUT2D eigenvalue weighted by Gasteiger charge is 2.56. The van der Waals surface area contributed by atoms with E-state index in [0.717, 1.165) is 31.8 Å². The van der Waals surface area contributed by atoms with Gasteiger partial charge in [0.05, 0.1) is 5.54 Å². The number of hydrogen-bond donors (Lipinski definition) is 0. The fourth-order valence-electron chi connectivity index (χ4n) is 3.48. The van der Waals surface area contributed by atoms with Crippen LogP contribution >= 0.6 is 24.0 Å². The SMILES string of the molecule is CCN1CCC2CC1(C(=O)c1ccc(Cl)nc1)C2.Cl. The average Bonchev–Trinajstić information content (AvgIpc) is 2.37. The molecule has 3 aliphatic rings. The van der Waals surface area contributed by atoms with Gasteiger partial charge in [-0.25, -0.2) is 4.98 Å². The Labute approximate surface area is 124 Å². The molecule has 4 rings (SSSR count). The zero-order chi connectivity index (χ0) is 12.8. The Hall–Kier alpha value is -0.640. The average molecular weight is 301 g/mol. The number of hydrogen-bond acceptors (Lipinski definition) is 3. The molecule has 3 heterocycles. The first-order valence-corrected chi connectivity index (χ1v) is 6.95. The molecule has 0 N–H and O–H groups in total. The number of halogens is 2. The predicted molar refractivity (Wildman–Crippen MR) is 78.1 cm³/mol. The molecular weight excluding hydrogens is 283 g/mol. The van der Waals surface area contributed by atoms with E-state index in [1.165, 1.54) is 6.42 Å². The smallest absolute Gasteiger partial charge is 0.184 e. The van der Waals surface area contributed by atoms with E-state index in [1.807, 2.05) is 0 Å². The number of rotatable bonds is 3. The summed E-state index contributed by atoms with van der Waals surface area (Å²) in [4.78, 5) is 19.1. The summed E-state index contributed by atoms with van der Waals surface area (Å²) >= 11 is 5.77. The fraction of sp³-hybridized carbons (Fsp3) is 0.571. The molecule has 0 spiro atoms. The van der Waals surface area contributed by atoms with Gasteiger partial charge in [0.1, 0.15) is 5.15 Å². The molecule has 3 fully saturated rings. The Kier molecular flexibility index (Phi) is 4.19. The van der Waals surface area contributed by atoms with Crippen molar-refractivity contribution in [3.8, 4) is 0 Å². The predicted octanol–water partition coefficient (Wildman–Crippen LogP) is 3.21. The Morgan fingerprint density at radius 2 is 2.26 bits per heavy atom. The maximum absolute atomic E-state index is 12.7. The highest BCUT2D eigenvalue weighted by atomic mass is 35.5. The molecule has 2 saturated heterocycles. The monoisotopic (exact) mass is 300 g/mol. The summed E-state index contributed by atoms with van der Waals surface area (Å²) in [5, 5.41) is 0.437. The van der Waals surface area contributed by atoms with Crippen LogP contribution in [0.1, 0.15) is 36.5 Å². The lowest BCUT2D eigenvalue weighted by atomic mass is 9.60. The van der Waals surface area contributed by atoms with Crippen LogP contribution in [0, 0.1) is 5.92 Å². The van der Waals surface area contributed by atoms with Gasteiger partial charge in [0.25, 0.3) is 0 Å². The van der Waals surface area contributed by atoms with Gasteiger partial charge < -0.3 is 0 Å². The largest absolute Gasteiger partial charge is 0.292 e. The van der Waals surface area contributed by atoms with Crippen molar-refractivity contribution in [2.75, 3.05) is 13.1 Å². The van der Waals surface area contributed by atoms with Crippen molar-refractivity contribution in [1.82, 2.24) is 9.88 Å². The van der Waals surface area contributed by atoms with Crippen LogP contribution in [-0.2, 0) is 0 Å². The first kappa shape index (κ1) is 14.8. The van der Waals surface area contributed by atoms with Crippen molar-refractivity contribution < 1.29 is 4.79 Å². The second-order valence-electron chi connectivity index (χ2n) is 5.37. The minimum absolute atomic E-state index is 0. The third-order valence-corrected chi connectivity index (χ3v) is 4.68. The molecule has 1 aliphatic carbocycles. The molecule has 0 unspecified atom stereocenters. The summed E-state index contributed by atoms with van der Waals surface area (Å²) < 4.78 is 0. The quantitative estimate of drug-likeness (QED) is 0.635. The number of piperidine rings is 2. The fourth-order valence-corrected chi connectivity index (χ4v) is 3.59. The van der Waals surface area contributed by atoms with Gasteiger partial charge in [0.2, 0.25) is 0 Å². The zero-order valence-electron chi connectivity index (χ0n) is 10.9. The molecule has 0 radical (unpaired) electrons. The van der Waals surface area contributed by atoms with E-state index in [0.29, 0.717) is 10.7 Å². The molecule has 0 atom stereocenters. The third-order valence-electron chi connectivity index (χ3n) is 4.46. The summed E-state index contributed by atoms with van der Waals surface area (Å²) in [7, 11) is 0. The molecule has 2 bridgehead atoms. The number of Topliss-reactive ketones (excluding diaryl/α,β-unsaturated/α-hetero) is 1. The van der Waals surface area contributed by atoms with Crippen LogP contribution in [0.5, 0.6) is 0 Å². The molecular formula is C14H18Cl2N2O. The highest BCUT2D eigenvalue weighted by Crippen LogP contribution is 2.50. The topological polar surface area (TPSA) is 33.2 Å². The Morgan fingerprint density at radius 3 is 2.84 bits per heavy atom. The highest BCUT2D eigenvalue weighted by molar-refractivity contribution is 6.29. The molecule has 104 valence electrons. The number of likely N-dealkylation sites (N-methyl/N-ethyl adjacent to an activating group) is 1. The molecule has 19 heavy (non-hydrogen) atoms. The van der Waals surface area contributed by atoms with Crippen LogP contribution in [0.25, 0.3) is 0 Å². The standard InChI is InChI=1S/C14H17ClN2O.ClH/c1-2-17-6-5-10-7-14(17,8-10)13(18)11-3-4-12(15)16-9-11;/h3-4,9-10H,2,5-8H2,1H3;1H. The molecule has 1 aromatic rings. The summed E-state index contributed by atoms with van der Waals surface area (Å²) in [5.74, 6) is 0.974. The molecule has 3 nitrogen and oxygen atoms in total. The van der Waals surface area contributed by atoms with Crippen molar-refractivity contribution in [3.63, 3.8) is 0 Å². The van der Waals surface area contributed by atoms with Crippen LogP contribution in [-0.4, -0.2) is 34.3 Å². The minimum atomic E-state index is -0.243. The van der Waals surface area contributed by atoms with E-state index in [9.17, 15) is 4.79 Å². The van der Waals surface area contributed by atoms with Crippen molar-refractivity contribution >= 4 is 29.8 Å². The van der Waals surface area contributed by atoms with Crippen molar-refractivity contribution in [2.45, 2.75) is 31.7 Å². The summed E-state index contributed by atoms with van der Waals surface area (Å²) in [6, 6.07) is 3.49. The van der Waals surface area contributed by atoms with Gasteiger partial charge in [-0.2, -0.15) is 0 Å². The van der Waals surface area contributed by atoms with Gasteiger partial charge in [-0.05, 0) is 50.4 Å². The maximum Gasteiger partial charge on any atom is 0.184 e.